The Hall–Kier alpha value is -2.53. The molecule has 0 saturated carbocycles. The maximum absolute atomic E-state index is 12.0. The van der Waals surface area contributed by atoms with Crippen molar-refractivity contribution >= 4 is 29.1 Å². The van der Waals surface area contributed by atoms with Gasteiger partial charge in [0.1, 0.15) is 0 Å². The maximum Gasteiger partial charge on any atom is 0.309 e. The van der Waals surface area contributed by atoms with E-state index in [9.17, 15) is 9.59 Å². The maximum atomic E-state index is 12.0. The lowest BCUT2D eigenvalue weighted by atomic mass is 9.98. The SMILES string of the molecule is CCN1CCCc2cc(CCNC(=O)C(=O)NCc3ccccc3Cl)ccc21. The second kappa shape index (κ2) is 9.60. The van der Waals surface area contributed by atoms with E-state index in [1.54, 1.807) is 6.07 Å². The molecule has 2 aromatic rings. The van der Waals surface area contributed by atoms with Crippen LogP contribution in [0.5, 0.6) is 0 Å². The number of aryl methyl sites for hydroxylation is 1. The highest BCUT2D eigenvalue weighted by Crippen LogP contribution is 2.27. The van der Waals surface area contributed by atoms with Crippen LogP contribution in [-0.2, 0) is 29.0 Å². The van der Waals surface area contributed by atoms with E-state index in [4.69, 9.17) is 11.6 Å². The number of carbonyl (C=O) groups is 2. The van der Waals surface area contributed by atoms with Gasteiger partial charge in [-0.15, -0.1) is 0 Å². The van der Waals surface area contributed by atoms with Crippen molar-refractivity contribution in [3.8, 4) is 0 Å². The highest BCUT2D eigenvalue weighted by atomic mass is 35.5. The van der Waals surface area contributed by atoms with Gasteiger partial charge >= 0.3 is 11.8 Å². The van der Waals surface area contributed by atoms with Gasteiger partial charge in [0.2, 0.25) is 0 Å². The largest absolute Gasteiger partial charge is 0.372 e. The van der Waals surface area contributed by atoms with Crippen molar-refractivity contribution in [2.75, 3.05) is 24.5 Å². The number of hydrogen-bond donors (Lipinski definition) is 2. The minimum atomic E-state index is -0.649. The fraction of sp³-hybridized carbons (Fsp3) is 0.364. The number of carbonyl (C=O) groups excluding carboxylic acids is 2. The van der Waals surface area contributed by atoms with E-state index in [2.05, 4.69) is 40.7 Å². The average molecular weight is 400 g/mol. The van der Waals surface area contributed by atoms with Gasteiger partial charge in [0.25, 0.3) is 0 Å². The van der Waals surface area contributed by atoms with Crippen LogP contribution >= 0.6 is 11.6 Å². The zero-order valence-corrected chi connectivity index (χ0v) is 16.9. The summed E-state index contributed by atoms with van der Waals surface area (Å²) in [7, 11) is 0. The molecular formula is C22H26ClN3O2. The number of fused-ring (bicyclic) bond motifs is 1. The molecule has 6 heteroatoms. The summed E-state index contributed by atoms with van der Waals surface area (Å²) in [6, 6.07) is 13.7. The van der Waals surface area contributed by atoms with Gasteiger partial charge in [-0.2, -0.15) is 0 Å². The minimum absolute atomic E-state index is 0.227. The monoisotopic (exact) mass is 399 g/mol. The van der Waals surface area contributed by atoms with Crippen LogP contribution in [0.25, 0.3) is 0 Å². The van der Waals surface area contributed by atoms with Crippen LogP contribution in [0.3, 0.4) is 0 Å². The van der Waals surface area contributed by atoms with Crippen molar-refractivity contribution < 1.29 is 9.59 Å². The lowest BCUT2D eigenvalue weighted by molar-refractivity contribution is -0.139. The summed E-state index contributed by atoms with van der Waals surface area (Å²) in [5.41, 5.74) is 4.64. The van der Waals surface area contributed by atoms with Crippen molar-refractivity contribution in [2.24, 2.45) is 0 Å². The smallest absolute Gasteiger partial charge is 0.309 e. The summed E-state index contributed by atoms with van der Waals surface area (Å²) in [5.74, 6) is -1.27. The third-order valence-corrected chi connectivity index (χ3v) is 5.41. The van der Waals surface area contributed by atoms with Crippen molar-refractivity contribution in [3.05, 3.63) is 64.2 Å². The van der Waals surface area contributed by atoms with Crippen molar-refractivity contribution in [1.29, 1.82) is 0 Å². The Labute approximate surface area is 171 Å². The Morgan fingerprint density at radius 2 is 1.89 bits per heavy atom. The van der Waals surface area contributed by atoms with Crippen molar-refractivity contribution in [1.82, 2.24) is 10.6 Å². The van der Waals surface area contributed by atoms with Crippen LogP contribution in [0.4, 0.5) is 5.69 Å². The van der Waals surface area contributed by atoms with Gasteiger partial charge in [-0.3, -0.25) is 9.59 Å². The van der Waals surface area contributed by atoms with Gasteiger partial charge in [-0.05, 0) is 55.0 Å². The Morgan fingerprint density at radius 3 is 2.68 bits per heavy atom. The Balaban J connectivity index is 1.46. The first-order valence-corrected chi connectivity index (χ1v) is 10.1. The Bertz CT molecular complexity index is 853. The van der Waals surface area contributed by atoms with Crippen LogP contribution < -0.4 is 15.5 Å². The van der Waals surface area contributed by atoms with Crippen LogP contribution in [-0.4, -0.2) is 31.4 Å². The summed E-state index contributed by atoms with van der Waals surface area (Å²) in [6.45, 7) is 4.96. The molecule has 0 atom stereocenters. The predicted octanol–water partition coefficient (Wildman–Crippen LogP) is 3.09. The third kappa shape index (κ3) is 5.04. The topological polar surface area (TPSA) is 61.4 Å². The second-order valence-corrected chi connectivity index (χ2v) is 7.33. The lowest BCUT2D eigenvalue weighted by Gasteiger charge is -2.30. The molecule has 1 heterocycles. The first kappa shape index (κ1) is 20.2. The molecule has 1 aliphatic rings. The van der Waals surface area contributed by atoms with Gasteiger partial charge in [0, 0.05) is 36.9 Å². The molecule has 2 N–H and O–H groups in total. The number of anilines is 1. The van der Waals surface area contributed by atoms with Gasteiger partial charge in [0.15, 0.2) is 0 Å². The highest BCUT2D eigenvalue weighted by molar-refractivity contribution is 6.35. The van der Waals surface area contributed by atoms with Gasteiger partial charge in [0.05, 0.1) is 0 Å². The van der Waals surface area contributed by atoms with Crippen molar-refractivity contribution in [2.45, 2.75) is 32.7 Å². The first-order chi connectivity index (χ1) is 13.6. The number of nitrogens with zero attached hydrogens (tertiary/aromatic N) is 1. The fourth-order valence-electron chi connectivity index (χ4n) is 3.51. The number of hydrogen-bond acceptors (Lipinski definition) is 3. The molecule has 0 fully saturated rings. The Morgan fingerprint density at radius 1 is 1.11 bits per heavy atom. The van der Waals surface area contributed by atoms with E-state index in [0.717, 1.165) is 25.1 Å². The second-order valence-electron chi connectivity index (χ2n) is 6.93. The quantitative estimate of drug-likeness (QED) is 0.734. The molecule has 0 bridgehead atoms. The molecule has 0 radical (unpaired) electrons. The normalized spacial score (nSPS) is 13.0. The standard InChI is InChI=1S/C22H26ClN3O2/c1-2-26-13-5-7-17-14-16(9-10-20(17)26)11-12-24-21(27)22(28)25-15-18-6-3-4-8-19(18)23/h3-4,6,8-10,14H,2,5,7,11-13,15H2,1H3,(H,24,27)(H,25,28). The molecule has 148 valence electrons. The summed E-state index contributed by atoms with van der Waals surface area (Å²) >= 11 is 6.05. The van der Waals surface area contributed by atoms with Gasteiger partial charge in [-0.1, -0.05) is 41.9 Å². The van der Waals surface area contributed by atoms with Gasteiger partial charge < -0.3 is 15.5 Å². The molecule has 0 saturated heterocycles. The zero-order valence-electron chi connectivity index (χ0n) is 16.1. The molecule has 0 aromatic heterocycles. The Kier molecular flexibility index (Phi) is 6.93. The molecule has 0 unspecified atom stereocenters. The average Bonchev–Trinajstić information content (AvgIpc) is 2.72. The molecule has 0 spiro atoms. The predicted molar refractivity (Wildman–Crippen MR) is 113 cm³/mol. The molecule has 5 nitrogen and oxygen atoms in total. The minimum Gasteiger partial charge on any atom is -0.372 e. The van der Waals surface area contributed by atoms with Crippen molar-refractivity contribution in [3.63, 3.8) is 0 Å². The van der Waals surface area contributed by atoms with Crippen LogP contribution in [0.15, 0.2) is 42.5 Å². The molecule has 28 heavy (non-hydrogen) atoms. The lowest BCUT2D eigenvalue weighted by Crippen LogP contribution is -2.40. The van der Waals surface area contributed by atoms with Crippen LogP contribution in [0.2, 0.25) is 5.02 Å². The number of halogens is 1. The summed E-state index contributed by atoms with van der Waals surface area (Å²) in [5, 5.41) is 5.85. The van der Waals surface area contributed by atoms with E-state index in [1.165, 1.54) is 23.2 Å². The molecule has 2 amide bonds. The number of benzene rings is 2. The summed E-state index contributed by atoms with van der Waals surface area (Å²) in [6.07, 6.45) is 2.96. The van der Waals surface area contributed by atoms with E-state index in [1.807, 2.05) is 18.2 Å². The summed E-state index contributed by atoms with van der Waals surface area (Å²) < 4.78 is 0. The van der Waals surface area contributed by atoms with Gasteiger partial charge in [-0.25, -0.2) is 0 Å². The van der Waals surface area contributed by atoms with E-state index < -0.39 is 11.8 Å². The number of amides is 2. The highest BCUT2D eigenvalue weighted by Gasteiger charge is 2.16. The number of rotatable bonds is 6. The number of nitrogens with one attached hydrogen (secondary N) is 2. The molecule has 0 aliphatic carbocycles. The first-order valence-electron chi connectivity index (χ1n) is 9.74. The molecular weight excluding hydrogens is 374 g/mol. The third-order valence-electron chi connectivity index (χ3n) is 5.04. The molecule has 3 rings (SSSR count). The van der Waals surface area contributed by atoms with Crippen LogP contribution in [0.1, 0.15) is 30.0 Å². The molecule has 2 aromatic carbocycles. The van der Waals surface area contributed by atoms with Crippen LogP contribution in [0, 0.1) is 0 Å². The van der Waals surface area contributed by atoms with E-state index >= 15 is 0 Å². The fourth-order valence-corrected chi connectivity index (χ4v) is 3.71. The molecule has 1 aliphatic heterocycles. The zero-order chi connectivity index (χ0) is 19.9. The summed E-state index contributed by atoms with van der Waals surface area (Å²) in [4.78, 5) is 26.3. The van der Waals surface area contributed by atoms with E-state index in [-0.39, 0.29) is 6.54 Å². The van der Waals surface area contributed by atoms with E-state index in [0.29, 0.717) is 18.0 Å².